The van der Waals surface area contributed by atoms with Gasteiger partial charge in [-0.2, -0.15) is 0 Å². The molecule has 3 rings (SSSR count). The maximum Gasteiger partial charge on any atom is 0.228 e. The lowest BCUT2D eigenvalue weighted by Gasteiger charge is -2.31. The molecular formula is C20H21Cl3N2O4S. The zero-order valence-electron chi connectivity index (χ0n) is 16.2. The van der Waals surface area contributed by atoms with Crippen LogP contribution in [0.4, 0.5) is 5.69 Å². The van der Waals surface area contributed by atoms with E-state index in [1.54, 1.807) is 36.4 Å². The van der Waals surface area contributed by atoms with Gasteiger partial charge in [-0.1, -0.05) is 40.9 Å². The molecule has 0 aromatic heterocycles. The Morgan fingerprint density at radius 2 is 1.90 bits per heavy atom. The topological polar surface area (TPSA) is 75.7 Å². The number of halogens is 3. The van der Waals surface area contributed by atoms with Crippen LogP contribution >= 0.6 is 34.8 Å². The van der Waals surface area contributed by atoms with E-state index in [0.29, 0.717) is 51.5 Å². The van der Waals surface area contributed by atoms with E-state index in [1.165, 1.54) is 11.4 Å². The molecule has 1 fully saturated rings. The van der Waals surface area contributed by atoms with Gasteiger partial charge in [0.25, 0.3) is 0 Å². The fourth-order valence-corrected chi connectivity index (χ4v) is 5.90. The van der Waals surface area contributed by atoms with Gasteiger partial charge in [0.2, 0.25) is 15.9 Å². The molecule has 0 bridgehead atoms. The predicted octanol–water partition coefficient (Wildman–Crippen LogP) is 4.84. The van der Waals surface area contributed by atoms with Gasteiger partial charge in [0.05, 0.1) is 24.5 Å². The summed E-state index contributed by atoms with van der Waals surface area (Å²) >= 11 is 18.3. The van der Waals surface area contributed by atoms with Crippen molar-refractivity contribution in [2.75, 3.05) is 25.5 Å². The highest BCUT2D eigenvalue weighted by Crippen LogP contribution is 2.31. The van der Waals surface area contributed by atoms with Gasteiger partial charge in [-0.3, -0.25) is 4.79 Å². The summed E-state index contributed by atoms with van der Waals surface area (Å²) in [5, 5.41) is 3.85. The Labute approximate surface area is 191 Å². The third-order valence-electron chi connectivity index (χ3n) is 4.96. The van der Waals surface area contributed by atoms with Crippen LogP contribution in [0.3, 0.4) is 0 Å². The van der Waals surface area contributed by atoms with Crippen molar-refractivity contribution in [3.8, 4) is 5.75 Å². The first-order valence-electron chi connectivity index (χ1n) is 9.26. The fourth-order valence-electron chi connectivity index (χ4n) is 3.37. The number of rotatable bonds is 6. The normalized spacial score (nSPS) is 17.5. The number of nitrogens with one attached hydrogen (secondary N) is 1. The smallest absolute Gasteiger partial charge is 0.228 e. The Hall–Kier alpha value is -1.51. The number of piperidine rings is 1. The molecule has 1 heterocycles. The number of hydrogen-bond acceptors (Lipinski definition) is 4. The number of anilines is 1. The predicted molar refractivity (Wildman–Crippen MR) is 120 cm³/mol. The fraction of sp³-hybridized carbons (Fsp3) is 0.350. The molecule has 162 valence electrons. The van der Waals surface area contributed by atoms with Gasteiger partial charge in [0.1, 0.15) is 5.75 Å². The van der Waals surface area contributed by atoms with E-state index in [1.807, 2.05) is 0 Å². The van der Waals surface area contributed by atoms with Gasteiger partial charge in [0.15, 0.2) is 0 Å². The molecule has 0 unspecified atom stereocenters. The van der Waals surface area contributed by atoms with Crippen molar-refractivity contribution >= 4 is 56.4 Å². The van der Waals surface area contributed by atoms with Crippen LogP contribution in [-0.4, -0.2) is 38.8 Å². The van der Waals surface area contributed by atoms with Crippen LogP contribution in [0.1, 0.15) is 18.4 Å². The molecule has 1 saturated heterocycles. The van der Waals surface area contributed by atoms with Crippen LogP contribution in [0.5, 0.6) is 5.75 Å². The Morgan fingerprint density at radius 3 is 2.57 bits per heavy atom. The van der Waals surface area contributed by atoms with Gasteiger partial charge in [-0.15, -0.1) is 0 Å². The molecule has 0 spiro atoms. The lowest BCUT2D eigenvalue weighted by molar-refractivity contribution is -0.120. The first-order valence-corrected chi connectivity index (χ1v) is 12.0. The summed E-state index contributed by atoms with van der Waals surface area (Å²) in [5.74, 6) is -0.631. The van der Waals surface area contributed by atoms with Crippen LogP contribution in [-0.2, 0) is 20.6 Å². The SMILES string of the molecule is COc1ccc(Cl)cc1NC(=O)[C@H]1CCCN(S(=O)(=O)Cc2c(Cl)cccc2Cl)C1. The first-order chi connectivity index (χ1) is 14.2. The highest BCUT2D eigenvalue weighted by atomic mass is 35.5. The molecule has 2 aromatic carbocycles. The number of nitrogens with zero attached hydrogens (tertiary/aromatic N) is 1. The summed E-state index contributed by atoms with van der Waals surface area (Å²) in [6.07, 6.45) is 1.15. The number of benzene rings is 2. The van der Waals surface area contributed by atoms with Gasteiger partial charge < -0.3 is 10.1 Å². The number of hydrogen-bond donors (Lipinski definition) is 1. The van der Waals surface area contributed by atoms with Crippen LogP contribution < -0.4 is 10.1 Å². The lowest BCUT2D eigenvalue weighted by atomic mass is 9.98. The highest BCUT2D eigenvalue weighted by molar-refractivity contribution is 7.88. The van der Waals surface area contributed by atoms with Crippen molar-refractivity contribution in [1.29, 1.82) is 0 Å². The molecule has 10 heteroatoms. The van der Waals surface area contributed by atoms with Gasteiger partial charge in [-0.25, -0.2) is 12.7 Å². The Morgan fingerprint density at radius 1 is 1.20 bits per heavy atom. The quantitative estimate of drug-likeness (QED) is 0.627. The van der Waals surface area contributed by atoms with Crippen molar-refractivity contribution < 1.29 is 17.9 Å². The standard InChI is InChI=1S/C20H21Cl3N2O4S/c1-29-19-8-7-14(21)10-18(19)24-20(26)13-4-3-9-25(11-13)30(27,28)12-15-16(22)5-2-6-17(15)23/h2,5-8,10,13H,3-4,9,11-12H2,1H3,(H,24,26)/t13-/m0/s1. The first kappa shape index (κ1) is 23.2. The molecule has 1 atom stereocenters. The maximum absolute atomic E-state index is 13.0. The number of carbonyl (C=O) groups excluding carboxylic acids is 1. The minimum absolute atomic E-state index is 0.0825. The second kappa shape index (κ2) is 9.75. The summed E-state index contributed by atoms with van der Waals surface area (Å²) < 4.78 is 32.5. The van der Waals surface area contributed by atoms with E-state index in [9.17, 15) is 13.2 Å². The summed E-state index contributed by atoms with van der Waals surface area (Å²) in [4.78, 5) is 12.8. The molecule has 0 radical (unpaired) electrons. The Balaban J connectivity index is 1.73. The van der Waals surface area contributed by atoms with Crippen LogP contribution in [0.15, 0.2) is 36.4 Å². The Bertz CT molecular complexity index is 1030. The molecule has 0 saturated carbocycles. The maximum atomic E-state index is 13.0. The summed E-state index contributed by atoms with van der Waals surface area (Å²) in [5.41, 5.74) is 0.800. The third-order valence-corrected chi connectivity index (χ3v) is 7.67. The number of methoxy groups -OCH3 is 1. The molecular weight excluding hydrogens is 471 g/mol. The molecule has 30 heavy (non-hydrogen) atoms. The molecule has 6 nitrogen and oxygen atoms in total. The van der Waals surface area contributed by atoms with E-state index in [-0.39, 0.29) is 18.2 Å². The largest absolute Gasteiger partial charge is 0.495 e. The number of sulfonamides is 1. The molecule has 2 aromatic rings. The minimum Gasteiger partial charge on any atom is -0.495 e. The number of amides is 1. The summed E-state index contributed by atoms with van der Waals surface area (Å²) in [7, 11) is -2.21. The zero-order valence-corrected chi connectivity index (χ0v) is 19.3. The second-order valence-corrected chi connectivity index (χ2v) is 10.2. The molecule has 1 amide bonds. The van der Waals surface area contributed by atoms with Crippen LogP contribution in [0.2, 0.25) is 15.1 Å². The monoisotopic (exact) mass is 490 g/mol. The average molecular weight is 492 g/mol. The van der Waals surface area contributed by atoms with E-state index in [4.69, 9.17) is 39.5 Å². The second-order valence-electron chi connectivity index (χ2n) is 6.99. The van der Waals surface area contributed by atoms with Gasteiger partial charge in [-0.05, 0) is 43.2 Å². The highest BCUT2D eigenvalue weighted by Gasteiger charge is 2.33. The summed E-state index contributed by atoms with van der Waals surface area (Å²) in [6.45, 7) is 0.424. The van der Waals surface area contributed by atoms with Crippen molar-refractivity contribution in [3.63, 3.8) is 0 Å². The van der Waals surface area contributed by atoms with Crippen molar-refractivity contribution in [3.05, 3.63) is 57.0 Å². The molecule has 1 N–H and O–H groups in total. The molecule has 0 aliphatic carbocycles. The Kier molecular flexibility index (Phi) is 7.52. The average Bonchev–Trinajstić information content (AvgIpc) is 2.71. The zero-order chi connectivity index (χ0) is 21.9. The van der Waals surface area contributed by atoms with E-state index in [2.05, 4.69) is 5.32 Å². The van der Waals surface area contributed by atoms with E-state index in [0.717, 1.165) is 0 Å². The van der Waals surface area contributed by atoms with Crippen molar-refractivity contribution in [2.45, 2.75) is 18.6 Å². The van der Waals surface area contributed by atoms with Crippen molar-refractivity contribution in [1.82, 2.24) is 4.31 Å². The van der Waals surface area contributed by atoms with Gasteiger partial charge >= 0.3 is 0 Å². The third kappa shape index (κ3) is 5.39. The molecule has 1 aliphatic rings. The summed E-state index contributed by atoms with van der Waals surface area (Å²) in [6, 6.07) is 9.77. The van der Waals surface area contributed by atoms with Crippen molar-refractivity contribution in [2.24, 2.45) is 5.92 Å². The van der Waals surface area contributed by atoms with E-state index < -0.39 is 15.9 Å². The number of ether oxygens (including phenoxy) is 1. The van der Waals surface area contributed by atoms with Crippen LogP contribution in [0, 0.1) is 5.92 Å². The van der Waals surface area contributed by atoms with Gasteiger partial charge in [0, 0.05) is 33.7 Å². The van der Waals surface area contributed by atoms with E-state index >= 15 is 0 Å². The minimum atomic E-state index is -3.70. The number of carbonyl (C=O) groups is 1. The lowest BCUT2D eigenvalue weighted by Crippen LogP contribution is -2.44. The molecule has 1 aliphatic heterocycles. The van der Waals surface area contributed by atoms with Crippen LogP contribution in [0.25, 0.3) is 0 Å².